The number of halogens is 2. The Hall–Kier alpha value is -1.61. The monoisotopic (exact) mass is 264 g/mol. The minimum Gasteiger partial charge on any atom is -0.377 e. The number of pyridine rings is 1. The predicted molar refractivity (Wildman–Crippen MR) is 72.4 cm³/mol. The average molecular weight is 265 g/mol. The van der Waals surface area contributed by atoms with Gasteiger partial charge in [0.25, 0.3) is 0 Å². The van der Waals surface area contributed by atoms with Crippen LogP contribution in [0.15, 0.2) is 36.5 Å². The Morgan fingerprint density at radius 3 is 2.67 bits per heavy atom. The van der Waals surface area contributed by atoms with Crippen molar-refractivity contribution in [3.8, 4) is 0 Å². The van der Waals surface area contributed by atoms with Gasteiger partial charge in [-0.25, -0.2) is 4.39 Å². The SMILES string of the molecule is Cc1ccc(NC(C)c2ccc(Cl)c(F)c2)cn1. The molecule has 4 heteroatoms. The van der Waals surface area contributed by atoms with Crippen LogP contribution < -0.4 is 5.32 Å². The van der Waals surface area contributed by atoms with Gasteiger partial charge in [-0.1, -0.05) is 17.7 Å². The van der Waals surface area contributed by atoms with Gasteiger partial charge in [0, 0.05) is 11.7 Å². The van der Waals surface area contributed by atoms with E-state index in [1.807, 2.05) is 32.0 Å². The minimum absolute atomic E-state index is 0.0127. The molecule has 2 nitrogen and oxygen atoms in total. The molecule has 0 saturated heterocycles. The van der Waals surface area contributed by atoms with E-state index in [2.05, 4.69) is 10.3 Å². The molecule has 2 aromatic rings. The van der Waals surface area contributed by atoms with Crippen LogP contribution in [0.5, 0.6) is 0 Å². The first-order chi connectivity index (χ1) is 8.56. The van der Waals surface area contributed by atoms with Gasteiger partial charge in [-0.15, -0.1) is 0 Å². The first kappa shape index (κ1) is 12.8. The first-order valence-electron chi connectivity index (χ1n) is 5.70. The molecule has 1 aromatic carbocycles. The molecule has 1 aromatic heterocycles. The van der Waals surface area contributed by atoms with Crippen LogP contribution in [0, 0.1) is 12.7 Å². The van der Waals surface area contributed by atoms with E-state index in [9.17, 15) is 4.39 Å². The quantitative estimate of drug-likeness (QED) is 0.891. The molecule has 1 atom stereocenters. The van der Waals surface area contributed by atoms with E-state index < -0.39 is 5.82 Å². The molecule has 1 heterocycles. The van der Waals surface area contributed by atoms with Crippen LogP contribution in [0.25, 0.3) is 0 Å². The van der Waals surface area contributed by atoms with Crippen LogP contribution in [0.3, 0.4) is 0 Å². The molecule has 1 N–H and O–H groups in total. The molecular formula is C14H14ClFN2. The van der Waals surface area contributed by atoms with E-state index in [1.165, 1.54) is 6.07 Å². The van der Waals surface area contributed by atoms with Gasteiger partial charge < -0.3 is 5.32 Å². The highest BCUT2D eigenvalue weighted by Gasteiger charge is 2.08. The maximum atomic E-state index is 13.4. The van der Waals surface area contributed by atoms with Gasteiger partial charge in [0.2, 0.25) is 0 Å². The number of nitrogens with one attached hydrogen (secondary N) is 1. The molecule has 94 valence electrons. The fourth-order valence-corrected chi connectivity index (χ4v) is 1.79. The summed E-state index contributed by atoms with van der Waals surface area (Å²) in [7, 11) is 0. The van der Waals surface area contributed by atoms with Crippen LogP contribution in [0.4, 0.5) is 10.1 Å². The summed E-state index contributed by atoms with van der Waals surface area (Å²) in [5.41, 5.74) is 2.71. The Bertz CT molecular complexity index is 540. The number of nitrogens with zero attached hydrogens (tertiary/aromatic N) is 1. The normalized spacial score (nSPS) is 12.2. The summed E-state index contributed by atoms with van der Waals surface area (Å²) < 4.78 is 13.4. The topological polar surface area (TPSA) is 24.9 Å². The maximum absolute atomic E-state index is 13.4. The number of rotatable bonds is 3. The average Bonchev–Trinajstić information content (AvgIpc) is 2.35. The number of hydrogen-bond acceptors (Lipinski definition) is 2. The Kier molecular flexibility index (Phi) is 3.82. The zero-order valence-electron chi connectivity index (χ0n) is 10.2. The fourth-order valence-electron chi connectivity index (χ4n) is 1.67. The Morgan fingerprint density at radius 1 is 1.28 bits per heavy atom. The number of anilines is 1. The standard InChI is InChI=1S/C14H14ClFN2/c1-9-3-5-12(8-17-9)18-10(2)11-4-6-13(15)14(16)7-11/h3-8,10,18H,1-2H3. The minimum atomic E-state index is -0.398. The Morgan fingerprint density at radius 2 is 2.06 bits per heavy atom. The van der Waals surface area contributed by atoms with E-state index in [0.29, 0.717) is 0 Å². The molecule has 1 unspecified atom stereocenters. The van der Waals surface area contributed by atoms with Crippen LogP contribution in [-0.4, -0.2) is 4.98 Å². The lowest BCUT2D eigenvalue weighted by Crippen LogP contribution is -2.07. The van der Waals surface area contributed by atoms with E-state index in [4.69, 9.17) is 11.6 Å². The van der Waals surface area contributed by atoms with Crippen molar-refractivity contribution < 1.29 is 4.39 Å². The summed E-state index contributed by atoms with van der Waals surface area (Å²) in [6, 6.07) is 8.69. The summed E-state index contributed by atoms with van der Waals surface area (Å²) in [6.07, 6.45) is 1.76. The molecule has 0 fully saturated rings. The van der Waals surface area contributed by atoms with Crippen molar-refractivity contribution in [2.45, 2.75) is 19.9 Å². The summed E-state index contributed by atoms with van der Waals surface area (Å²) >= 11 is 5.66. The molecule has 0 aliphatic carbocycles. The van der Waals surface area contributed by atoms with Gasteiger partial charge in [0.15, 0.2) is 0 Å². The number of benzene rings is 1. The van der Waals surface area contributed by atoms with E-state index >= 15 is 0 Å². The summed E-state index contributed by atoms with van der Waals surface area (Å²) in [5.74, 6) is -0.398. The molecule has 0 bridgehead atoms. The summed E-state index contributed by atoms with van der Waals surface area (Å²) in [4.78, 5) is 4.20. The van der Waals surface area contributed by atoms with Crippen LogP contribution in [0.1, 0.15) is 24.2 Å². The van der Waals surface area contributed by atoms with Crippen molar-refractivity contribution in [3.05, 3.63) is 58.6 Å². The molecule has 0 aliphatic rings. The molecule has 0 radical (unpaired) electrons. The molecule has 0 amide bonds. The number of hydrogen-bond donors (Lipinski definition) is 1. The molecule has 0 saturated carbocycles. The third-order valence-electron chi connectivity index (χ3n) is 2.74. The molecule has 0 aliphatic heterocycles. The first-order valence-corrected chi connectivity index (χ1v) is 6.08. The lowest BCUT2D eigenvalue weighted by Gasteiger charge is -2.15. The number of aromatic nitrogens is 1. The molecule has 18 heavy (non-hydrogen) atoms. The van der Waals surface area contributed by atoms with Gasteiger partial charge in [-0.3, -0.25) is 4.98 Å². The van der Waals surface area contributed by atoms with Crippen molar-refractivity contribution in [2.24, 2.45) is 0 Å². The lowest BCUT2D eigenvalue weighted by molar-refractivity contribution is 0.624. The fraction of sp³-hybridized carbons (Fsp3) is 0.214. The van der Waals surface area contributed by atoms with Gasteiger partial charge in [0.05, 0.1) is 16.9 Å². The molecule has 2 rings (SSSR count). The smallest absolute Gasteiger partial charge is 0.142 e. The van der Waals surface area contributed by atoms with Crippen molar-refractivity contribution in [1.29, 1.82) is 0 Å². The van der Waals surface area contributed by atoms with Gasteiger partial charge in [-0.05, 0) is 43.7 Å². The van der Waals surface area contributed by atoms with Crippen molar-refractivity contribution >= 4 is 17.3 Å². The van der Waals surface area contributed by atoms with Crippen LogP contribution in [0.2, 0.25) is 5.02 Å². The summed E-state index contributed by atoms with van der Waals surface area (Å²) in [6.45, 7) is 3.89. The van der Waals surface area contributed by atoms with Gasteiger partial charge in [0.1, 0.15) is 5.82 Å². The highest BCUT2D eigenvalue weighted by molar-refractivity contribution is 6.30. The zero-order chi connectivity index (χ0) is 13.1. The second-order valence-corrected chi connectivity index (χ2v) is 4.64. The Balaban J connectivity index is 2.13. The van der Waals surface area contributed by atoms with E-state index in [0.717, 1.165) is 16.9 Å². The van der Waals surface area contributed by atoms with Gasteiger partial charge >= 0.3 is 0 Å². The highest BCUT2D eigenvalue weighted by atomic mass is 35.5. The van der Waals surface area contributed by atoms with Crippen molar-refractivity contribution in [3.63, 3.8) is 0 Å². The van der Waals surface area contributed by atoms with E-state index in [-0.39, 0.29) is 11.1 Å². The molecular weight excluding hydrogens is 251 g/mol. The largest absolute Gasteiger partial charge is 0.377 e. The predicted octanol–water partition coefficient (Wildman–Crippen LogP) is 4.36. The molecule has 0 spiro atoms. The second kappa shape index (κ2) is 5.36. The second-order valence-electron chi connectivity index (χ2n) is 4.23. The van der Waals surface area contributed by atoms with E-state index in [1.54, 1.807) is 12.3 Å². The third-order valence-corrected chi connectivity index (χ3v) is 3.04. The maximum Gasteiger partial charge on any atom is 0.142 e. The van der Waals surface area contributed by atoms with Crippen molar-refractivity contribution in [2.75, 3.05) is 5.32 Å². The van der Waals surface area contributed by atoms with Gasteiger partial charge in [-0.2, -0.15) is 0 Å². The lowest BCUT2D eigenvalue weighted by atomic mass is 10.1. The third kappa shape index (κ3) is 2.99. The van der Waals surface area contributed by atoms with Crippen LogP contribution >= 0.6 is 11.6 Å². The Labute approximate surface area is 111 Å². The van der Waals surface area contributed by atoms with Crippen molar-refractivity contribution in [1.82, 2.24) is 4.98 Å². The zero-order valence-corrected chi connectivity index (χ0v) is 11.0. The number of aryl methyl sites for hydroxylation is 1. The summed E-state index contributed by atoms with van der Waals surface area (Å²) in [5, 5.41) is 3.40. The van der Waals surface area contributed by atoms with Crippen LogP contribution in [-0.2, 0) is 0 Å². The highest BCUT2D eigenvalue weighted by Crippen LogP contribution is 2.22.